The average molecular weight is 298 g/mol. The van der Waals surface area contributed by atoms with Gasteiger partial charge in [0.2, 0.25) is 0 Å². The molecule has 0 saturated carbocycles. The van der Waals surface area contributed by atoms with E-state index in [4.69, 9.17) is 0 Å². The Morgan fingerprint density at radius 1 is 1.24 bits per heavy atom. The Morgan fingerprint density at radius 2 is 2.05 bits per heavy atom. The Bertz CT molecular complexity index is 767. The number of anilines is 1. The molecule has 2 heterocycles. The summed E-state index contributed by atoms with van der Waals surface area (Å²) < 4.78 is 1.76. The van der Waals surface area contributed by atoms with E-state index in [1.165, 1.54) is 5.56 Å². The summed E-state index contributed by atoms with van der Waals surface area (Å²) in [4.78, 5) is 12.2. The van der Waals surface area contributed by atoms with Gasteiger partial charge in [0, 0.05) is 17.5 Å². The van der Waals surface area contributed by atoms with Crippen molar-refractivity contribution >= 4 is 29.0 Å². The molecule has 0 radical (unpaired) electrons. The smallest absolute Gasteiger partial charge is 0.255 e. The lowest BCUT2D eigenvalue weighted by Crippen LogP contribution is -2.12. The van der Waals surface area contributed by atoms with Crippen molar-refractivity contribution < 1.29 is 4.79 Å². The molecule has 5 nitrogen and oxygen atoms in total. The van der Waals surface area contributed by atoms with E-state index in [9.17, 15) is 4.79 Å². The van der Waals surface area contributed by atoms with Crippen molar-refractivity contribution in [2.75, 3.05) is 11.6 Å². The second-order valence-corrected chi connectivity index (χ2v) is 5.46. The molecule has 3 rings (SSSR count). The Balaban J connectivity index is 1.75. The number of hydrogen-bond acceptors (Lipinski definition) is 4. The minimum Gasteiger partial charge on any atom is -0.321 e. The number of rotatable bonds is 4. The quantitative estimate of drug-likeness (QED) is 0.804. The minimum atomic E-state index is -0.127. The van der Waals surface area contributed by atoms with Crippen LogP contribution in [0.3, 0.4) is 0 Å². The number of benzene rings is 1. The van der Waals surface area contributed by atoms with Gasteiger partial charge in [-0.05, 0) is 36.1 Å². The summed E-state index contributed by atoms with van der Waals surface area (Å²) in [6, 6.07) is 11.3. The third-order valence-electron chi connectivity index (χ3n) is 3.08. The molecule has 1 amide bonds. The predicted molar refractivity (Wildman–Crippen MR) is 84.6 cm³/mol. The number of fused-ring (bicyclic) bond motifs is 1. The zero-order chi connectivity index (χ0) is 14.7. The zero-order valence-electron chi connectivity index (χ0n) is 11.5. The van der Waals surface area contributed by atoms with Crippen LogP contribution in [0.5, 0.6) is 0 Å². The molecule has 0 aliphatic heterocycles. The number of amides is 1. The molecular weight excluding hydrogens is 284 g/mol. The maximum absolute atomic E-state index is 12.2. The predicted octanol–water partition coefficient (Wildman–Crippen LogP) is 2.84. The molecule has 1 N–H and O–H groups in total. The summed E-state index contributed by atoms with van der Waals surface area (Å²) in [5.74, 6) is 0.824. The average Bonchev–Trinajstić information content (AvgIpc) is 2.96. The van der Waals surface area contributed by atoms with Gasteiger partial charge in [-0.1, -0.05) is 12.1 Å². The molecule has 0 fully saturated rings. The number of thioether (sulfide) groups is 1. The highest BCUT2D eigenvalue weighted by molar-refractivity contribution is 7.97. The first kappa shape index (κ1) is 13.6. The van der Waals surface area contributed by atoms with Crippen LogP contribution in [0.1, 0.15) is 15.9 Å². The van der Waals surface area contributed by atoms with Crippen LogP contribution in [0.25, 0.3) is 5.65 Å². The molecule has 0 unspecified atom stereocenters. The van der Waals surface area contributed by atoms with Crippen LogP contribution >= 0.6 is 11.8 Å². The highest BCUT2D eigenvalue weighted by Gasteiger charge is 2.07. The Labute approximate surface area is 126 Å². The monoisotopic (exact) mass is 298 g/mol. The summed E-state index contributed by atoms with van der Waals surface area (Å²) in [7, 11) is 0. The van der Waals surface area contributed by atoms with E-state index in [1.807, 2.05) is 36.4 Å². The molecule has 0 aliphatic rings. The molecule has 0 atom stereocenters. The van der Waals surface area contributed by atoms with E-state index in [0.29, 0.717) is 11.3 Å². The number of hydrogen-bond donors (Lipinski definition) is 1. The zero-order valence-corrected chi connectivity index (χ0v) is 12.3. The van der Waals surface area contributed by atoms with Crippen molar-refractivity contribution in [2.45, 2.75) is 5.75 Å². The summed E-state index contributed by atoms with van der Waals surface area (Å²) in [5.41, 5.74) is 3.31. The van der Waals surface area contributed by atoms with Crippen LogP contribution in [-0.4, -0.2) is 26.8 Å². The highest BCUT2D eigenvalue weighted by atomic mass is 32.2. The molecule has 6 heteroatoms. The number of aromatic nitrogens is 3. The number of nitrogens with zero attached hydrogens (tertiary/aromatic N) is 3. The first-order chi connectivity index (χ1) is 10.3. The van der Waals surface area contributed by atoms with Crippen molar-refractivity contribution in [3.05, 3.63) is 60.0 Å². The maximum Gasteiger partial charge on any atom is 0.255 e. The SMILES string of the molecule is CSCc1ccc(C(=O)Nc2ccc3nncn3c2)cc1. The fraction of sp³-hybridized carbons (Fsp3) is 0.133. The van der Waals surface area contributed by atoms with Gasteiger partial charge in [-0.25, -0.2) is 0 Å². The van der Waals surface area contributed by atoms with Gasteiger partial charge >= 0.3 is 0 Å². The van der Waals surface area contributed by atoms with Gasteiger partial charge in [-0.2, -0.15) is 11.8 Å². The molecule has 2 aromatic heterocycles. The van der Waals surface area contributed by atoms with Crippen LogP contribution in [0.15, 0.2) is 48.9 Å². The molecule has 0 saturated heterocycles. The van der Waals surface area contributed by atoms with Crippen LogP contribution in [0.4, 0.5) is 5.69 Å². The standard InChI is InChI=1S/C15H14N4OS/c1-21-9-11-2-4-12(5-3-11)15(20)17-13-6-7-14-18-16-10-19(14)8-13/h2-8,10H,9H2,1H3,(H,17,20). The van der Waals surface area contributed by atoms with E-state index >= 15 is 0 Å². The number of nitrogens with one attached hydrogen (secondary N) is 1. The second kappa shape index (κ2) is 5.97. The molecule has 1 aromatic carbocycles. The summed E-state index contributed by atoms with van der Waals surface area (Å²) in [6.45, 7) is 0. The lowest BCUT2D eigenvalue weighted by Gasteiger charge is -2.06. The van der Waals surface area contributed by atoms with Gasteiger partial charge in [-0.15, -0.1) is 10.2 Å². The Kier molecular flexibility index (Phi) is 3.87. The van der Waals surface area contributed by atoms with Gasteiger partial charge in [0.15, 0.2) is 5.65 Å². The van der Waals surface area contributed by atoms with Crippen molar-refractivity contribution in [3.63, 3.8) is 0 Å². The van der Waals surface area contributed by atoms with Crippen LogP contribution in [0, 0.1) is 0 Å². The first-order valence-electron chi connectivity index (χ1n) is 6.45. The fourth-order valence-corrected chi connectivity index (χ4v) is 2.55. The number of pyridine rings is 1. The second-order valence-electron chi connectivity index (χ2n) is 4.60. The van der Waals surface area contributed by atoms with Crippen molar-refractivity contribution in [3.8, 4) is 0 Å². The van der Waals surface area contributed by atoms with Crippen molar-refractivity contribution in [2.24, 2.45) is 0 Å². The maximum atomic E-state index is 12.2. The molecule has 3 aromatic rings. The lowest BCUT2D eigenvalue weighted by molar-refractivity contribution is 0.102. The van der Waals surface area contributed by atoms with E-state index in [-0.39, 0.29) is 5.91 Å². The van der Waals surface area contributed by atoms with Gasteiger partial charge < -0.3 is 5.32 Å². The van der Waals surface area contributed by atoms with Crippen molar-refractivity contribution in [1.29, 1.82) is 0 Å². The van der Waals surface area contributed by atoms with Crippen molar-refractivity contribution in [1.82, 2.24) is 14.6 Å². The van der Waals surface area contributed by atoms with Gasteiger partial charge in [-0.3, -0.25) is 9.20 Å². The fourth-order valence-electron chi connectivity index (χ4n) is 2.02. The summed E-state index contributed by atoms with van der Waals surface area (Å²) in [6.07, 6.45) is 5.44. The van der Waals surface area contributed by atoms with E-state index in [2.05, 4.69) is 21.8 Å². The molecule has 0 aliphatic carbocycles. The molecule has 0 bridgehead atoms. The first-order valence-corrected chi connectivity index (χ1v) is 7.84. The third kappa shape index (κ3) is 3.05. The normalized spacial score (nSPS) is 10.7. The van der Waals surface area contributed by atoms with Gasteiger partial charge in [0.25, 0.3) is 5.91 Å². The molecule has 106 valence electrons. The topological polar surface area (TPSA) is 59.3 Å². The largest absolute Gasteiger partial charge is 0.321 e. The summed E-state index contributed by atoms with van der Waals surface area (Å²) in [5, 5.41) is 10.6. The van der Waals surface area contributed by atoms with Crippen LogP contribution < -0.4 is 5.32 Å². The highest BCUT2D eigenvalue weighted by Crippen LogP contribution is 2.13. The van der Waals surface area contributed by atoms with E-state index in [1.54, 1.807) is 28.7 Å². The summed E-state index contributed by atoms with van der Waals surface area (Å²) >= 11 is 1.76. The third-order valence-corrected chi connectivity index (χ3v) is 3.70. The Hall–Kier alpha value is -2.34. The van der Waals surface area contributed by atoms with Crippen LogP contribution in [-0.2, 0) is 5.75 Å². The van der Waals surface area contributed by atoms with E-state index < -0.39 is 0 Å². The number of carbonyl (C=O) groups excluding carboxylic acids is 1. The van der Waals surface area contributed by atoms with Crippen LogP contribution in [0.2, 0.25) is 0 Å². The van der Waals surface area contributed by atoms with E-state index in [0.717, 1.165) is 11.4 Å². The van der Waals surface area contributed by atoms with Gasteiger partial charge in [0.1, 0.15) is 6.33 Å². The Morgan fingerprint density at radius 3 is 2.81 bits per heavy atom. The lowest BCUT2D eigenvalue weighted by atomic mass is 10.1. The molecular formula is C15H14N4OS. The molecule has 21 heavy (non-hydrogen) atoms. The number of carbonyl (C=O) groups is 1. The molecule has 0 spiro atoms. The minimum absolute atomic E-state index is 0.127. The van der Waals surface area contributed by atoms with Gasteiger partial charge in [0.05, 0.1) is 5.69 Å².